The van der Waals surface area contributed by atoms with Crippen molar-refractivity contribution in [1.29, 1.82) is 0 Å². The lowest BCUT2D eigenvalue weighted by Gasteiger charge is -2.09. The SMILES string of the molecule is O=C(O)c1ccc(F)c(NCc2ccccc2F)c1. The van der Waals surface area contributed by atoms with Crippen LogP contribution in [0.3, 0.4) is 0 Å². The van der Waals surface area contributed by atoms with Crippen molar-refractivity contribution in [2.24, 2.45) is 0 Å². The number of anilines is 1. The number of carboxylic acid groups (broad SMARTS) is 1. The maximum atomic E-state index is 13.5. The highest BCUT2D eigenvalue weighted by molar-refractivity contribution is 5.88. The van der Waals surface area contributed by atoms with Crippen LogP contribution in [-0.4, -0.2) is 11.1 Å². The van der Waals surface area contributed by atoms with E-state index in [0.717, 1.165) is 6.07 Å². The predicted octanol–water partition coefficient (Wildman–Crippen LogP) is 3.28. The summed E-state index contributed by atoms with van der Waals surface area (Å²) in [6.07, 6.45) is 0. The van der Waals surface area contributed by atoms with Gasteiger partial charge >= 0.3 is 5.97 Å². The summed E-state index contributed by atoms with van der Waals surface area (Å²) in [4.78, 5) is 10.8. The first-order valence-corrected chi connectivity index (χ1v) is 5.58. The molecule has 0 bridgehead atoms. The van der Waals surface area contributed by atoms with Gasteiger partial charge in [-0.3, -0.25) is 0 Å². The summed E-state index contributed by atoms with van der Waals surface area (Å²) >= 11 is 0. The van der Waals surface area contributed by atoms with Crippen molar-refractivity contribution in [2.75, 3.05) is 5.32 Å². The van der Waals surface area contributed by atoms with Crippen LogP contribution in [0.5, 0.6) is 0 Å². The predicted molar refractivity (Wildman–Crippen MR) is 67.1 cm³/mol. The van der Waals surface area contributed by atoms with E-state index in [2.05, 4.69) is 5.32 Å². The molecule has 0 heterocycles. The lowest BCUT2D eigenvalue weighted by molar-refractivity contribution is 0.0697. The third-order valence-electron chi connectivity index (χ3n) is 2.64. The molecule has 2 aromatic carbocycles. The van der Waals surface area contributed by atoms with Gasteiger partial charge in [0.05, 0.1) is 11.3 Å². The second-order valence-electron chi connectivity index (χ2n) is 3.94. The van der Waals surface area contributed by atoms with Gasteiger partial charge in [0.1, 0.15) is 11.6 Å². The summed E-state index contributed by atoms with van der Waals surface area (Å²) in [7, 11) is 0. The maximum Gasteiger partial charge on any atom is 0.335 e. The molecule has 2 N–H and O–H groups in total. The Morgan fingerprint density at radius 3 is 2.53 bits per heavy atom. The third-order valence-corrected chi connectivity index (χ3v) is 2.64. The molecule has 0 atom stereocenters. The average Bonchev–Trinajstić information content (AvgIpc) is 2.39. The number of carbonyl (C=O) groups is 1. The maximum absolute atomic E-state index is 13.5. The standard InChI is InChI=1S/C14H11F2NO2/c15-11-4-2-1-3-10(11)8-17-13-7-9(14(18)19)5-6-12(13)16/h1-7,17H,8H2,(H,18,19). The molecule has 0 aliphatic rings. The molecule has 0 spiro atoms. The fraction of sp³-hybridized carbons (Fsp3) is 0.0714. The number of hydrogen-bond donors (Lipinski definition) is 2. The summed E-state index contributed by atoms with van der Waals surface area (Å²) in [6.45, 7) is 0.0761. The molecule has 0 saturated heterocycles. The normalized spacial score (nSPS) is 10.2. The number of hydrogen-bond acceptors (Lipinski definition) is 2. The highest BCUT2D eigenvalue weighted by atomic mass is 19.1. The second kappa shape index (κ2) is 5.48. The third kappa shape index (κ3) is 3.07. The minimum absolute atomic E-state index is 0.0302. The quantitative estimate of drug-likeness (QED) is 0.890. The van der Waals surface area contributed by atoms with Gasteiger partial charge in [0, 0.05) is 12.1 Å². The Hall–Kier alpha value is -2.43. The molecule has 0 radical (unpaired) electrons. The summed E-state index contributed by atoms with van der Waals surface area (Å²) in [5.41, 5.74) is 0.378. The minimum Gasteiger partial charge on any atom is -0.478 e. The van der Waals surface area contributed by atoms with Crippen molar-refractivity contribution < 1.29 is 18.7 Å². The Morgan fingerprint density at radius 1 is 1.11 bits per heavy atom. The first kappa shape index (κ1) is 13.0. The molecule has 0 aliphatic carbocycles. The van der Waals surface area contributed by atoms with Gasteiger partial charge in [-0.25, -0.2) is 13.6 Å². The smallest absolute Gasteiger partial charge is 0.335 e. The summed E-state index contributed by atoms with van der Waals surface area (Å²) in [5.74, 6) is -2.12. The van der Waals surface area contributed by atoms with E-state index in [9.17, 15) is 13.6 Å². The van der Waals surface area contributed by atoms with Crippen molar-refractivity contribution in [2.45, 2.75) is 6.54 Å². The molecule has 3 nitrogen and oxygen atoms in total. The Labute approximate surface area is 108 Å². The first-order chi connectivity index (χ1) is 9.08. The van der Waals surface area contributed by atoms with E-state index in [1.165, 1.54) is 18.2 Å². The molecule has 5 heteroatoms. The van der Waals surface area contributed by atoms with Crippen molar-refractivity contribution >= 4 is 11.7 Å². The van der Waals surface area contributed by atoms with Gasteiger partial charge in [-0.05, 0) is 24.3 Å². The van der Waals surface area contributed by atoms with Crippen LogP contribution in [0.25, 0.3) is 0 Å². The summed E-state index contributed by atoms with van der Waals surface area (Å²) < 4.78 is 26.9. The van der Waals surface area contributed by atoms with Gasteiger partial charge in [-0.2, -0.15) is 0 Å². The van der Waals surface area contributed by atoms with Crippen LogP contribution in [0.15, 0.2) is 42.5 Å². The molecule has 0 aliphatic heterocycles. The Morgan fingerprint density at radius 2 is 1.84 bits per heavy atom. The highest BCUT2D eigenvalue weighted by Crippen LogP contribution is 2.18. The zero-order valence-corrected chi connectivity index (χ0v) is 9.86. The average molecular weight is 263 g/mol. The molecule has 0 unspecified atom stereocenters. The first-order valence-electron chi connectivity index (χ1n) is 5.58. The van der Waals surface area contributed by atoms with Gasteiger partial charge in [-0.1, -0.05) is 18.2 Å². The van der Waals surface area contributed by atoms with Gasteiger partial charge in [-0.15, -0.1) is 0 Å². The van der Waals surface area contributed by atoms with Crippen molar-refractivity contribution in [3.05, 3.63) is 65.2 Å². The zero-order valence-electron chi connectivity index (χ0n) is 9.86. The topological polar surface area (TPSA) is 49.3 Å². The van der Waals surface area contributed by atoms with Crippen LogP contribution in [0, 0.1) is 11.6 Å². The van der Waals surface area contributed by atoms with Crippen molar-refractivity contribution in [3.63, 3.8) is 0 Å². The molecule has 0 saturated carbocycles. The van der Waals surface area contributed by atoms with E-state index in [1.54, 1.807) is 18.2 Å². The van der Waals surface area contributed by atoms with Gasteiger partial charge < -0.3 is 10.4 Å². The van der Waals surface area contributed by atoms with Crippen LogP contribution >= 0.6 is 0 Å². The Balaban J connectivity index is 2.17. The van der Waals surface area contributed by atoms with E-state index in [1.807, 2.05) is 0 Å². The molecule has 0 amide bonds. The van der Waals surface area contributed by atoms with Crippen molar-refractivity contribution in [1.82, 2.24) is 0 Å². The fourth-order valence-corrected chi connectivity index (χ4v) is 1.63. The number of aromatic carboxylic acids is 1. The second-order valence-corrected chi connectivity index (χ2v) is 3.94. The van der Waals surface area contributed by atoms with E-state index in [4.69, 9.17) is 5.11 Å². The fourth-order valence-electron chi connectivity index (χ4n) is 1.63. The molecule has 0 aromatic heterocycles. The number of benzene rings is 2. The molecule has 98 valence electrons. The van der Waals surface area contributed by atoms with Crippen LogP contribution in [-0.2, 0) is 6.54 Å². The molecule has 2 rings (SSSR count). The number of nitrogens with one attached hydrogen (secondary N) is 1. The Kier molecular flexibility index (Phi) is 3.75. The number of halogens is 2. The van der Waals surface area contributed by atoms with Crippen LogP contribution in [0.1, 0.15) is 15.9 Å². The number of rotatable bonds is 4. The highest BCUT2D eigenvalue weighted by Gasteiger charge is 2.09. The largest absolute Gasteiger partial charge is 0.478 e. The van der Waals surface area contributed by atoms with E-state index in [0.29, 0.717) is 5.56 Å². The van der Waals surface area contributed by atoms with Crippen LogP contribution in [0.2, 0.25) is 0 Å². The van der Waals surface area contributed by atoms with Crippen molar-refractivity contribution in [3.8, 4) is 0 Å². The molecular formula is C14H11F2NO2. The minimum atomic E-state index is -1.14. The molecule has 0 fully saturated rings. The van der Waals surface area contributed by atoms with E-state index < -0.39 is 17.6 Å². The number of carboxylic acids is 1. The van der Waals surface area contributed by atoms with Gasteiger partial charge in [0.2, 0.25) is 0 Å². The van der Waals surface area contributed by atoms with Gasteiger partial charge in [0.25, 0.3) is 0 Å². The Bertz CT molecular complexity index is 614. The lowest BCUT2D eigenvalue weighted by atomic mass is 10.1. The summed E-state index contributed by atoms with van der Waals surface area (Å²) in [5, 5.41) is 11.5. The zero-order chi connectivity index (χ0) is 13.8. The van der Waals surface area contributed by atoms with Crippen LogP contribution in [0.4, 0.5) is 14.5 Å². The monoisotopic (exact) mass is 263 g/mol. The lowest BCUT2D eigenvalue weighted by Crippen LogP contribution is -2.05. The van der Waals surface area contributed by atoms with Crippen LogP contribution < -0.4 is 5.32 Å². The van der Waals surface area contributed by atoms with E-state index in [-0.39, 0.29) is 17.8 Å². The van der Waals surface area contributed by atoms with Gasteiger partial charge in [0.15, 0.2) is 0 Å². The molecule has 2 aromatic rings. The van der Waals surface area contributed by atoms with E-state index >= 15 is 0 Å². The molecular weight excluding hydrogens is 252 g/mol. The summed E-state index contributed by atoms with van der Waals surface area (Å²) in [6, 6.07) is 9.52. The molecule has 19 heavy (non-hydrogen) atoms.